The monoisotopic (exact) mass is 307 g/mol. The van der Waals surface area contributed by atoms with E-state index in [1.165, 1.54) is 12.1 Å². The van der Waals surface area contributed by atoms with Crippen LogP contribution in [-0.2, 0) is 27.8 Å². The summed E-state index contributed by atoms with van der Waals surface area (Å²) in [5, 5.41) is 7.80. The molecule has 0 spiro atoms. The highest BCUT2D eigenvalue weighted by Gasteiger charge is 2.07. The zero-order valence-corrected chi connectivity index (χ0v) is 12.2. The second kappa shape index (κ2) is 6.55. The Bertz CT molecular complexity index is 692. The van der Waals surface area contributed by atoms with Crippen molar-refractivity contribution in [1.82, 2.24) is 10.3 Å². The number of primary sulfonamides is 1. The summed E-state index contributed by atoms with van der Waals surface area (Å²) in [4.78, 5) is 14.8. The third kappa shape index (κ3) is 4.73. The Kier molecular flexibility index (Phi) is 4.77. The van der Waals surface area contributed by atoms with Gasteiger partial charge in [-0.1, -0.05) is 12.1 Å². The average Bonchev–Trinajstić information content (AvgIpc) is 2.95. The summed E-state index contributed by atoms with van der Waals surface area (Å²) in [6.45, 7) is 0.356. The number of hydrogen-bond donors (Lipinski definition) is 3. The molecule has 0 unspecified atom stereocenters. The molecule has 1 amide bonds. The van der Waals surface area contributed by atoms with Gasteiger partial charge in [-0.25, -0.2) is 13.6 Å². The van der Waals surface area contributed by atoms with Gasteiger partial charge in [0.2, 0.25) is 15.9 Å². The quantitative estimate of drug-likeness (QED) is 0.738. The van der Waals surface area contributed by atoms with E-state index in [4.69, 9.17) is 5.14 Å². The van der Waals surface area contributed by atoms with Gasteiger partial charge in [0, 0.05) is 24.9 Å². The van der Waals surface area contributed by atoms with Gasteiger partial charge in [-0.2, -0.15) is 0 Å². The van der Waals surface area contributed by atoms with E-state index in [-0.39, 0.29) is 10.8 Å². The van der Waals surface area contributed by atoms with Crippen LogP contribution in [0.4, 0.5) is 0 Å². The zero-order chi connectivity index (χ0) is 15.3. The van der Waals surface area contributed by atoms with Crippen molar-refractivity contribution in [2.75, 3.05) is 0 Å². The summed E-state index contributed by atoms with van der Waals surface area (Å²) in [5.74, 6) is -0.0554. The van der Waals surface area contributed by atoms with Crippen LogP contribution in [0, 0.1) is 0 Å². The molecule has 1 aromatic heterocycles. The van der Waals surface area contributed by atoms with Crippen LogP contribution in [0.2, 0.25) is 0 Å². The molecule has 1 aromatic carbocycles. The van der Waals surface area contributed by atoms with Crippen LogP contribution in [0.15, 0.2) is 47.5 Å². The van der Waals surface area contributed by atoms with E-state index in [1.54, 1.807) is 12.1 Å². The maximum absolute atomic E-state index is 11.7. The molecule has 21 heavy (non-hydrogen) atoms. The number of amides is 1. The summed E-state index contributed by atoms with van der Waals surface area (Å²) < 4.78 is 22.2. The number of aryl methyl sites for hydroxylation is 1. The predicted molar refractivity (Wildman–Crippen MR) is 78.8 cm³/mol. The maximum atomic E-state index is 11.7. The molecular weight excluding hydrogens is 290 g/mol. The maximum Gasteiger partial charge on any atom is 0.238 e. The predicted octanol–water partition coefficient (Wildman–Crippen LogP) is 0.911. The third-order valence-corrected chi connectivity index (χ3v) is 3.95. The number of H-pyrrole nitrogens is 1. The normalized spacial score (nSPS) is 11.3. The number of aromatic nitrogens is 1. The minimum Gasteiger partial charge on any atom is -0.365 e. The van der Waals surface area contributed by atoms with Crippen molar-refractivity contribution >= 4 is 15.9 Å². The van der Waals surface area contributed by atoms with E-state index < -0.39 is 10.0 Å². The van der Waals surface area contributed by atoms with Crippen LogP contribution in [-0.4, -0.2) is 19.3 Å². The Balaban J connectivity index is 1.81. The topological polar surface area (TPSA) is 105 Å². The van der Waals surface area contributed by atoms with Gasteiger partial charge in [-0.3, -0.25) is 4.79 Å². The van der Waals surface area contributed by atoms with Crippen molar-refractivity contribution < 1.29 is 13.2 Å². The molecule has 0 aliphatic heterocycles. The number of aromatic amines is 1. The van der Waals surface area contributed by atoms with Crippen LogP contribution < -0.4 is 10.5 Å². The summed E-state index contributed by atoms with van der Waals surface area (Å²) in [6.07, 6.45) is 2.87. The zero-order valence-electron chi connectivity index (χ0n) is 11.4. The summed E-state index contributed by atoms with van der Waals surface area (Å²) in [7, 11) is -3.68. The molecule has 6 nitrogen and oxygen atoms in total. The molecule has 2 aromatic rings. The lowest BCUT2D eigenvalue weighted by Gasteiger charge is -2.06. The van der Waals surface area contributed by atoms with E-state index in [1.807, 2.05) is 18.3 Å². The van der Waals surface area contributed by atoms with Gasteiger partial charge in [-0.05, 0) is 36.2 Å². The Morgan fingerprint density at radius 2 is 1.90 bits per heavy atom. The first-order chi connectivity index (χ1) is 9.95. The molecule has 0 aliphatic carbocycles. The van der Waals surface area contributed by atoms with Gasteiger partial charge in [0.15, 0.2) is 0 Å². The largest absolute Gasteiger partial charge is 0.365 e. The van der Waals surface area contributed by atoms with Gasteiger partial charge >= 0.3 is 0 Å². The lowest BCUT2D eigenvalue weighted by Crippen LogP contribution is -2.23. The lowest BCUT2D eigenvalue weighted by atomic mass is 10.2. The Labute approximate surface area is 123 Å². The fraction of sp³-hybridized carbons (Fsp3) is 0.214. The molecule has 0 saturated carbocycles. The number of nitrogens with two attached hydrogens (primary N) is 1. The molecule has 1 heterocycles. The van der Waals surface area contributed by atoms with Crippen LogP contribution >= 0.6 is 0 Å². The first-order valence-corrected chi connectivity index (χ1v) is 8.00. The van der Waals surface area contributed by atoms with Crippen molar-refractivity contribution in [3.63, 3.8) is 0 Å². The second-order valence-corrected chi connectivity index (χ2v) is 6.22. The molecule has 0 saturated heterocycles. The minimum absolute atomic E-state index is 0.0554. The van der Waals surface area contributed by atoms with E-state index in [0.29, 0.717) is 19.4 Å². The number of nitrogens with one attached hydrogen (secondary N) is 2. The van der Waals surface area contributed by atoms with Gasteiger partial charge in [0.1, 0.15) is 0 Å². The Hall–Kier alpha value is -2.12. The summed E-state index contributed by atoms with van der Waals surface area (Å²) in [6, 6.07) is 9.93. The van der Waals surface area contributed by atoms with Crippen LogP contribution in [0.3, 0.4) is 0 Å². The molecule has 0 bridgehead atoms. The smallest absolute Gasteiger partial charge is 0.238 e. The molecule has 0 atom stereocenters. The van der Waals surface area contributed by atoms with Crippen molar-refractivity contribution in [2.24, 2.45) is 5.14 Å². The molecule has 7 heteroatoms. The van der Waals surface area contributed by atoms with Crippen LogP contribution in [0.25, 0.3) is 0 Å². The Morgan fingerprint density at radius 3 is 2.48 bits per heavy atom. The highest BCUT2D eigenvalue weighted by molar-refractivity contribution is 7.89. The fourth-order valence-electron chi connectivity index (χ4n) is 1.86. The van der Waals surface area contributed by atoms with Gasteiger partial charge in [0.05, 0.1) is 4.90 Å². The summed E-state index contributed by atoms with van der Waals surface area (Å²) >= 11 is 0. The van der Waals surface area contributed by atoms with E-state index >= 15 is 0 Å². The van der Waals surface area contributed by atoms with E-state index in [0.717, 1.165) is 11.3 Å². The number of rotatable bonds is 6. The molecule has 2 rings (SSSR count). The van der Waals surface area contributed by atoms with Crippen LogP contribution in [0.5, 0.6) is 0 Å². The third-order valence-electron chi connectivity index (χ3n) is 3.03. The number of sulfonamides is 1. The van der Waals surface area contributed by atoms with Crippen LogP contribution in [0.1, 0.15) is 17.7 Å². The molecule has 0 fully saturated rings. The number of hydrogen-bond acceptors (Lipinski definition) is 3. The molecule has 4 N–H and O–H groups in total. The molecule has 112 valence electrons. The van der Waals surface area contributed by atoms with Crippen molar-refractivity contribution in [1.29, 1.82) is 0 Å². The standard InChI is InChI=1S/C14H17N3O3S/c15-21(19,20)13-6-3-11(4-7-13)10-17-14(18)8-5-12-2-1-9-16-12/h1-4,6-7,9,16H,5,8,10H2,(H,17,18)(H2,15,19,20). The van der Waals surface area contributed by atoms with E-state index in [2.05, 4.69) is 10.3 Å². The minimum atomic E-state index is -3.68. The number of carbonyl (C=O) groups excluding carboxylic acids is 1. The van der Waals surface area contributed by atoms with Gasteiger partial charge < -0.3 is 10.3 Å². The average molecular weight is 307 g/mol. The number of carbonyl (C=O) groups is 1. The Morgan fingerprint density at radius 1 is 1.19 bits per heavy atom. The van der Waals surface area contributed by atoms with Crippen molar-refractivity contribution in [2.45, 2.75) is 24.3 Å². The number of benzene rings is 1. The molecule has 0 radical (unpaired) electrons. The van der Waals surface area contributed by atoms with Gasteiger partial charge in [-0.15, -0.1) is 0 Å². The lowest BCUT2D eigenvalue weighted by molar-refractivity contribution is -0.121. The van der Waals surface area contributed by atoms with Crippen molar-refractivity contribution in [3.05, 3.63) is 53.9 Å². The highest BCUT2D eigenvalue weighted by atomic mass is 32.2. The first kappa shape index (κ1) is 15.3. The van der Waals surface area contributed by atoms with E-state index in [9.17, 15) is 13.2 Å². The SMILES string of the molecule is NS(=O)(=O)c1ccc(CNC(=O)CCc2ccc[nH]2)cc1. The second-order valence-electron chi connectivity index (χ2n) is 4.66. The van der Waals surface area contributed by atoms with Crippen molar-refractivity contribution in [3.8, 4) is 0 Å². The highest BCUT2D eigenvalue weighted by Crippen LogP contribution is 2.08. The van der Waals surface area contributed by atoms with Gasteiger partial charge in [0.25, 0.3) is 0 Å². The molecular formula is C14H17N3O3S. The summed E-state index contributed by atoms with van der Waals surface area (Å²) in [5.41, 5.74) is 1.83. The first-order valence-electron chi connectivity index (χ1n) is 6.46. The fourth-order valence-corrected chi connectivity index (χ4v) is 2.37. The molecule has 0 aliphatic rings.